The van der Waals surface area contributed by atoms with Crippen molar-refractivity contribution in [1.82, 2.24) is 0 Å². The molecule has 3 aromatic rings. The third-order valence-corrected chi connectivity index (χ3v) is 4.21. The van der Waals surface area contributed by atoms with Gasteiger partial charge in [0.1, 0.15) is 0 Å². The molecule has 0 unspecified atom stereocenters. The van der Waals surface area contributed by atoms with Crippen molar-refractivity contribution in [3.63, 3.8) is 0 Å². The maximum atomic E-state index is 2.35. The van der Waals surface area contributed by atoms with Crippen LogP contribution in [0.15, 0.2) is 78.9 Å². The molecule has 0 fully saturated rings. The van der Waals surface area contributed by atoms with Crippen LogP contribution in [0.3, 0.4) is 0 Å². The molecule has 1 aliphatic rings. The topological polar surface area (TPSA) is 0 Å². The molecular weight excluding hydrogens is 240 g/mol. The Morgan fingerprint density at radius 2 is 1.45 bits per heavy atom. The van der Waals surface area contributed by atoms with Gasteiger partial charge in [-0.1, -0.05) is 78.9 Å². The fraction of sp³-hybridized carbons (Fsp3) is 0.100. The molecule has 0 amide bonds. The van der Waals surface area contributed by atoms with Gasteiger partial charge in [-0.3, -0.25) is 0 Å². The van der Waals surface area contributed by atoms with Crippen LogP contribution in [0.4, 0.5) is 0 Å². The monoisotopic (exact) mass is 256 g/mol. The summed E-state index contributed by atoms with van der Waals surface area (Å²) in [5.41, 5.74) is 4.31. The molecule has 1 aliphatic carbocycles. The van der Waals surface area contributed by atoms with E-state index in [1.54, 1.807) is 0 Å². The molecule has 0 heteroatoms. The van der Waals surface area contributed by atoms with Crippen molar-refractivity contribution in [2.45, 2.75) is 12.3 Å². The van der Waals surface area contributed by atoms with Crippen LogP contribution in [0.5, 0.6) is 0 Å². The van der Waals surface area contributed by atoms with Crippen LogP contribution in [0.25, 0.3) is 10.8 Å². The summed E-state index contributed by atoms with van der Waals surface area (Å²) in [4.78, 5) is 0. The third-order valence-electron chi connectivity index (χ3n) is 4.21. The van der Waals surface area contributed by atoms with Gasteiger partial charge in [-0.2, -0.15) is 0 Å². The molecule has 0 N–H and O–H groups in total. The summed E-state index contributed by atoms with van der Waals surface area (Å²) >= 11 is 0. The Balaban J connectivity index is 1.96. The average Bonchev–Trinajstić information content (AvgIpc) is 2.54. The Hall–Kier alpha value is -2.34. The minimum Gasteiger partial charge on any atom is -0.0832 e. The first-order chi connectivity index (χ1) is 9.93. The molecule has 0 saturated heterocycles. The van der Waals surface area contributed by atoms with Crippen molar-refractivity contribution < 1.29 is 0 Å². The third kappa shape index (κ3) is 1.77. The van der Waals surface area contributed by atoms with E-state index in [0.29, 0.717) is 5.92 Å². The first-order valence-corrected chi connectivity index (χ1v) is 7.15. The molecule has 0 heterocycles. The molecule has 0 spiro atoms. The van der Waals surface area contributed by atoms with Crippen molar-refractivity contribution in [3.05, 3.63) is 95.6 Å². The number of rotatable bonds is 1. The first kappa shape index (κ1) is 11.5. The first-order valence-electron chi connectivity index (χ1n) is 7.15. The van der Waals surface area contributed by atoms with Crippen LogP contribution >= 0.6 is 0 Å². The summed E-state index contributed by atoms with van der Waals surface area (Å²) in [6, 6.07) is 24.1. The van der Waals surface area contributed by atoms with E-state index >= 15 is 0 Å². The number of hydrogen-bond donors (Lipinski definition) is 0. The fourth-order valence-electron chi connectivity index (χ4n) is 3.25. The molecule has 3 aromatic carbocycles. The van der Waals surface area contributed by atoms with Gasteiger partial charge in [0, 0.05) is 5.92 Å². The molecule has 96 valence electrons. The van der Waals surface area contributed by atoms with E-state index in [4.69, 9.17) is 0 Å². The lowest BCUT2D eigenvalue weighted by atomic mass is 9.81. The number of allylic oxidation sites excluding steroid dienone is 2. The maximum absolute atomic E-state index is 2.35. The summed E-state index contributed by atoms with van der Waals surface area (Å²) in [7, 11) is 0. The van der Waals surface area contributed by atoms with Crippen molar-refractivity contribution in [2.24, 2.45) is 0 Å². The fourth-order valence-corrected chi connectivity index (χ4v) is 3.25. The van der Waals surface area contributed by atoms with Crippen molar-refractivity contribution in [3.8, 4) is 0 Å². The van der Waals surface area contributed by atoms with E-state index in [1.165, 1.54) is 27.5 Å². The lowest BCUT2D eigenvalue weighted by Crippen LogP contribution is -2.06. The molecular formula is C20H16. The lowest BCUT2D eigenvalue weighted by molar-refractivity contribution is 0.962. The van der Waals surface area contributed by atoms with E-state index in [9.17, 15) is 0 Å². The Morgan fingerprint density at radius 3 is 2.45 bits per heavy atom. The minimum absolute atomic E-state index is 0.381. The van der Waals surface area contributed by atoms with E-state index in [2.05, 4.69) is 78.9 Å². The number of hydrogen-bond acceptors (Lipinski definition) is 0. The highest BCUT2D eigenvalue weighted by atomic mass is 14.2. The normalized spacial score (nSPS) is 17.1. The molecule has 20 heavy (non-hydrogen) atoms. The zero-order chi connectivity index (χ0) is 13.4. The predicted molar refractivity (Wildman–Crippen MR) is 85.1 cm³/mol. The predicted octanol–water partition coefficient (Wildman–Crippen LogP) is 5.08. The van der Waals surface area contributed by atoms with Gasteiger partial charge < -0.3 is 0 Å². The van der Waals surface area contributed by atoms with Gasteiger partial charge in [0.25, 0.3) is 0 Å². The smallest absolute Gasteiger partial charge is 0.0278 e. The molecule has 0 aromatic heterocycles. The lowest BCUT2D eigenvalue weighted by Gasteiger charge is -2.22. The highest BCUT2D eigenvalue weighted by molar-refractivity contribution is 5.87. The SMILES string of the molecule is C1=C[C@@H](c2cccc3ccccc23)c2ccccc2C1. The highest BCUT2D eigenvalue weighted by Gasteiger charge is 2.18. The molecule has 0 aliphatic heterocycles. The highest BCUT2D eigenvalue weighted by Crippen LogP contribution is 2.35. The van der Waals surface area contributed by atoms with Gasteiger partial charge in [0.15, 0.2) is 0 Å². The minimum atomic E-state index is 0.381. The van der Waals surface area contributed by atoms with Crippen LogP contribution < -0.4 is 0 Å². The van der Waals surface area contributed by atoms with Crippen molar-refractivity contribution >= 4 is 10.8 Å². The molecule has 1 atom stereocenters. The van der Waals surface area contributed by atoms with E-state index in [-0.39, 0.29) is 0 Å². The summed E-state index contributed by atoms with van der Waals surface area (Å²) < 4.78 is 0. The average molecular weight is 256 g/mol. The van der Waals surface area contributed by atoms with Crippen LogP contribution in [-0.4, -0.2) is 0 Å². The van der Waals surface area contributed by atoms with Gasteiger partial charge in [-0.05, 0) is 33.9 Å². The maximum Gasteiger partial charge on any atom is 0.0278 e. The van der Waals surface area contributed by atoms with Gasteiger partial charge in [0.2, 0.25) is 0 Å². The summed E-state index contributed by atoms with van der Waals surface area (Å²) in [6.07, 6.45) is 5.70. The molecule has 0 saturated carbocycles. The molecule has 0 radical (unpaired) electrons. The van der Waals surface area contributed by atoms with E-state index in [0.717, 1.165) is 6.42 Å². The largest absolute Gasteiger partial charge is 0.0832 e. The van der Waals surface area contributed by atoms with Gasteiger partial charge in [-0.25, -0.2) is 0 Å². The van der Waals surface area contributed by atoms with Gasteiger partial charge in [0.05, 0.1) is 0 Å². The van der Waals surface area contributed by atoms with Gasteiger partial charge in [-0.15, -0.1) is 0 Å². The van der Waals surface area contributed by atoms with E-state index < -0.39 is 0 Å². The van der Waals surface area contributed by atoms with Crippen LogP contribution in [0.2, 0.25) is 0 Å². The molecule has 4 rings (SSSR count). The van der Waals surface area contributed by atoms with Crippen molar-refractivity contribution in [2.75, 3.05) is 0 Å². The number of fused-ring (bicyclic) bond motifs is 2. The quantitative estimate of drug-likeness (QED) is 0.532. The Bertz CT molecular complexity index is 791. The Morgan fingerprint density at radius 1 is 0.700 bits per heavy atom. The second kappa shape index (κ2) is 4.64. The standard InChI is InChI=1S/C20H16/c1-3-11-17-15(7-1)9-5-13-19(17)20-14-6-10-16-8-2-4-12-18(16)20/h1-9,11-14,20H,10H2/t20-/m1/s1. The summed E-state index contributed by atoms with van der Waals surface area (Å²) in [5, 5.41) is 2.68. The van der Waals surface area contributed by atoms with Crippen LogP contribution in [0, 0.1) is 0 Å². The Labute approximate surface area is 119 Å². The number of benzene rings is 3. The second-order valence-corrected chi connectivity index (χ2v) is 5.38. The van der Waals surface area contributed by atoms with Crippen LogP contribution in [-0.2, 0) is 6.42 Å². The van der Waals surface area contributed by atoms with Crippen LogP contribution in [0.1, 0.15) is 22.6 Å². The summed E-state index contributed by atoms with van der Waals surface area (Å²) in [5.74, 6) is 0.381. The second-order valence-electron chi connectivity index (χ2n) is 5.38. The Kier molecular flexibility index (Phi) is 2.67. The molecule has 0 bridgehead atoms. The van der Waals surface area contributed by atoms with Gasteiger partial charge >= 0.3 is 0 Å². The molecule has 0 nitrogen and oxygen atoms in total. The summed E-state index contributed by atoms with van der Waals surface area (Å²) in [6.45, 7) is 0. The zero-order valence-electron chi connectivity index (χ0n) is 11.3. The van der Waals surface area contributed by atoms with Crippen molar-refractivity contribution in [1.29, 1.82) is 0 Å². The zero-order valence-corrected chi connectivity index (χ0v) is 11.3. The van der Waals surface area contributed by atoms with E-state index in [1.807, 2.05) is 0 Å².